The lowest BCUT2D eigenvalue weighted by Gasteiger charge is -2.41. The van der Waals surface area contributed by atoms with E-state index in [1.165, 1.54) is 25.7 Å². The molecule has 1 aromatic rings. The van der Waals surface area contributed by atoms with E-state index in [0.717, 1.165) is 32.1 Å². The van der Waals surface area contributed by atoms with Crippen LogP contribution < -0.4 is 4.74 Å². The Morgan fingerprint density at radius 1 is 1.00 bits per heavy atom. The quantitative estimate of drug-likeness (QED) is 0.835. The largest absolute Gasteiger partial charge is 0.489 e. The number of ether oxygens (including phenoxy) is 2. The summed E-state index contributed by atoms with van der Waals surface area (Å²) in [6.07, 6.45) is 5.40. The fourth-order valence-corrected chi connectivity index (χ4v) is 3.22. The summed E-state index contributed by atoms with van der Waals surface area (Å²) in [6.45, 7) is 3.85. The van der Waals surface area contributed by atoms with Crippen LogP contribution in [0.4, 0.5) is 0 Å². The molecule has 19 heavy (non-hydrogen) atoms. The molecule has 1 aromatic carbocycles. The summed E-state index contributed by atoms with van der Waals surface area (Å²) in [6, 6.07) is 10.8. The molecule has 0 spiro atoms. The molecule has 1 saturated carbocycles. The van der Waals surface area contributed by atoms with Crippen LogP contribution in [0.15, 0.2) is 30.3 Å². The maximum Gasteiger partial charge on any atom is 0.119 e. The van der Waals surface area contributed by atoms with Crippen LogP contribution in [0.1, 0.15) is 25.7 Å². The number of rotatable bonds is 3. The lowest BCUT2D eigenvalue weighted by molar-refractivity contribution is -0.0281. The molecule has 0 unspecified atom stereocenters. The predicted molar refractivity (Wildman–Crippen MR) is 75.5 cm³/mol. The van der Waals surface area contributed by atoms with Crippen molar-refractivity contribution in [2.75, 3.05) is 26.3 Å². The van der Waals surface area contributed by atoms with E-state index < -0.39 is 0 Å². The second-order valence-electron chi connectivity index (χ2n) is 5.47. The van der Waals surface area contributed by atoms with Gasteiger partial charge >= 0.3 is 0 Å². The Kier molecular flexibility index (Phi) is 4.36. The van der Waals surface area contributed by atoms with Gasteiger partial charge in [-0.05, 0) is 31.4 Å². The van der Waals surface area contributed by atoms with E-state index in [-0.39, 0.29) is 0 Å². The van der Waals surface area contributed by atoms with E-state index in [0.29, 0.717) is 12.1 Å². The molecule has 1 aliphatic carbocycles. The number of nitrogens with zero attached hydrogens (tertiary/aromatic N) is 1. The van der Waals surface area contributed by atoms with E-state index >= 15 is 0 Å². The highest BCUT2D eigenvalue weighted by Crippen LogP contribution is 2.27. The SMILES string of the molecule is c1ccc(O[C@H]2CCCC[C@H]2N2CCOCC2)cc1. The third kappa shape index (κ3) is 3.28. The van der Waals surface area contributed by atoms with Gasteiger partial charge in [0.15, 0.2) is 0 Å². The van der Waals surface area contributed by atoms with Crippen LogP contribution in [0.2, 0.25) is 0 Å². The van der Waals surface area contributed by atoms with Crippen molar-refractivity contribution in [3.8, 4) is 5.75 Å². The zero-order chi connectivity index (χ0) is 12.9. The Morgan fingerprint density at radius 2 is 1.74 bits per heavy atom. The van der Waals surface area contributed by atoms with Gasteiger partial charge in [-0.3, -0.25) is 4.90 Å². The third-order valence-electron chi connectivity index (χ3n) is 4.21. The Balaban J connectivity index is 1.66. The number of benzene rings is 1. The van der Waals surface area contributed by atoms with Gasteiger partial charge in [0.1, 0.15) is 11.9 Å². The first-order valence-corrected chi connectivity index (χ1v) is 7.47. The molecule has 3 nitrogen and oxygen atoms in total. The molecule has 2 aliphatic rings. The molecule has 2 fully saturated rings. The molecule has 1 heterocycles. The molecule has 3 heteroatoms. The van der Waals surface area contributed by atoms with Crippen LogP contribution in [-0.2, 0) is 4.74 Å². The van der Waals surface area contributed by atoms with Crippen LogP contribution in [0.3, 0.4) is 0 Å². The molecule has 0 radical (unpaired) electrons. The molecule has 0 bridgehead atoms. The molecule has 0 N–H and O–H groups in total. The standard InChI is InChI=1S/C16H23NO2/c1-2-6-14(7-3-1)19-16-9-5-4-8-15(16)17-10-12-18-13-11-17/h1-3,6-7,15-16H,4-5,8-13H2/t15-,16+/m1/s1. The highest BCUT2D eigenvalue weighted by Gasteiger charge is 2.32. The third-order valence-corrected chi connectivity index (χ3v) is 4.21. The Labute approximate surface area is 115 Å². The molecule has 0 amide bonds. The van der Waals surface area contributed by atoms with Gasteiger partial charge in [0.2, 0.25) is 0 Å². The van der Waals surface area contributed by atoms with Crippen LogP contribution in [0.25, 0.3) is 0 Å². The smallest absolute Gasteiger partial charge is 0.119 e. The lowest BCUT2D eigenvalue weighted by Crippen LogP contribution is -2.52. The average molecular weight is 261 g/mol. The van der Waals surface area contributed by atoms with E-state index in [9.17, 15) is 0 Å². The zero-order valence-corrected chi connectivity index (χ0v) is 11.5. The normalized spacial score (nSPS) is 29.1. The Bertz CT molecular complexity index is 376. The molecule has 104 valence electrons. The van der Waals surface area contributed by atoms with Crippen molar-refractivity contribution >= 4 is 0 Å². The van der Waals surface area contributed by atoms with Crippen molar-refractivity contribution in [3.63, 3.8) is 0 Å². The Hall–Kier alpha value is -1.06. The van der Waals surface area contributed by atoms with Crippen LogP contribution in [0, 0.1) is 0 Å². The van der Waals surface area contributed by atoms with Crippen molar-refractivity contribution in [2.24, 2.45) is 0 Å². The average Bonchev–Trinajstić information content (AvgIpc) is 2.50. The van der Waals surface area contributed by atoms with Gasteiger partial charge in [-0.1, -0.05) is 24.6 Å². The van der Waals surface area contributed by atoms with Gasteiger partial charge in [-0.25, -0.2) is 0 Å². The van der Waals surface area contributed by atoms with Crippen molar-refractivity contribution in [3.05, 3.63) is 30.3 Å². The lowest BCUT2D eigenvalue weighted by atomic mass is 9.91. The zero-order valence-electron chi connectivity index (χ0n) is 11.5. The molecule has 2 atom stereocenters. The molecular weight excluding hydrogens is 238 g/mol. The van der Waals surface area contributed by atoms with E-state index in [1.807, 2.05) is 18.2 Å². The van der Waals surface area contributed by atoms with Crippen LogP contribution >= 0.6 is 0 Å². The minimum Gasteiger partial charge on any atom is -0.489 e. The van der Waals surface area contributed by atoms with E-state index in [2.05, 4.69) is 17.0 Å². The first kappa shape index (κ1) is 12.9. The fourth-order valence-electron chi connectivity index (χ4n) is 3.22. The number of morpholine rings is 1. The topological polar surface area (TPSA) is 21.7 Å². The second kappa shape index (κ2) is 6.40. The van der Waals surface area contributed by atoms with Gasteiger partial charge in [-0.15, -0.1) is 0 Å². The minimum absolute atomic E-state index is 0.342. The second-order valence-corrected chi connectivity index (χ2v) is 5.47. The number of para-hydroxylation sites is 1. The van der Waals surface area contributed by atoms with E-state index in [1.54, 1.807) is 0 Å². The van der Waals surface area contributed by atoms with Gasteiger partial charge in [0.25, 0.3) is 0 Å². The summed E-state index contributed by atoms with van der Waals surface area (Å²) in [5, 5.41) is 0. The summed E-state index contributed by atoms with van der Waals surface area (Å²) in [5.41, 5.74) is 0. The molecule has 1 aliphatic heterocycles. The van der Waals surface area contributed by atoms with Crippen molar-refractivity contribution < 1.29 is 9.47 Å². The fraction of sp³-hybridized carbons (Fsp3) is 0.625. The van der Waals surface area contributed by atoms with Crippen molar-refractivity contribution in [2.45, 2.75) is 37.8 Å². The molecule has 3 rings (SSSR count). The van der Waals surface area contributed by atoms with E-state index in [4.69, 9.17) is 9.47 Å². The Morgan fingerprint density at radius 3 is 2.53 bits per heavy atom. The van der Waals surface area contributed by atoms with Gasteiger partial charge in [0.05, 0.1) is 13.2 Å². The highest BCUT2D eigenvalue weighted by molar-refractivity contribution is 5.21. The summed E-state index contributed by atoms with van der Waals surface area (Å²) < 4.78 is 11.7. The van der Waals surface area contributed by atoms with Gasteiger partial charge in [0, 0.05) is 19.1 Å². The number of hydrogen-bond acceptors (Lipinski definition) is 3. The van der Waals surface area contributed by atoms with Gasteiger partial charge in [-0.2, -0.15) is 0 Å². The maximum absolute atomic E-state index is 6.24. The molecule has 0 aromatic heterocycles. The first-order valence-electron chi connectivity index (χ1n) is 7.47. The first-order chi connectivity index (χ1) is 9.43. The summed E-state index contributed by atoms with van der Waals surface area (Å²) in [7, 11) is 0. The minimum atomic E-state index is 0.342. The number of hydrogen-bond donors (Lipinski definition) is 0. The summed E-state index contributed by atoms with van der Waals surface area (Å²) >= 11 is 0. The summed E-state index contributed by atoms with van der Waals surface area (Å²) in [5.74, 6) is 1.01. The van der Waals surface area contributed by atoms with Crippen LogP contribution in [-0.4, -0.2) is 43.3 Å². The van der Waals surface area contributed by atoms with Crippen molar-refractivity contribution in [1.82, 2.24) is 4.90 Å². The maximum atomic E-state index is 6.24. The summed E-state index contributed by atoms with van der Waals surface area (Å²) in [4.78, 5) is 2.57. The monoisotopic (exact) mass is 261 g/mol. The molecule has 1 saturated heterocycles. The predicted octanol–water partition coefficient (Wildman–Crippen LogP) is 2.71. The van der Waals surface area contributed by atoms with Crippen LogP contribution in [0.5, 0.6) is 5.75 Å². The highest BCUT2D eigenvalue weighted by atomic mass is 16.5. The van der Waals surface area contributed by atoms with Crippen molar-refractivity contribution in [1.29, 1.82) is 0 Å². The van der Waals surface area contributed by atoms with Gasteiger partial charge < -0.3 is 9.47 Å². The molecular formula is C16H23NO2.